The molecule has 0 aliphatic heterocycles. The summed E-state index contributed by atoms with van der Waals surface area (Å²) in [5, 5.41) is 0. The monoisotopic (exact) mass is 272 g/mol. The van der Waals surface area contributed by atoms with Gasteiger partial charge in [0.15, 0.2) is 0 Å². The van der Waals surface area contributed by atoms with E-state index in [1.807, 2.05) is 13.8 Å². The first kappa shape index (κ1) is 14.7. The first-order chi connectivity index (χ1) is 8.24. The highest BCUT2D eigenvalue weighted by atomic mass is 32.2. The number of hydrogen-bond acceptors (Lipinski definition) is 3. The summed E-state index contributed by atoms with van der Waals surface area (Å²) in [4.78, 5) is 0.00329. The van der Waals surface area contributed by atoms with E-state index in [1.54, 1.807) is 6.08 Å². The third-order valence-electron chi connectivity index (χ3n) is 2.37. The van der Waals surface area contributed by atoms with Crippen LogP contribution >= 0.6 is 0 Å². The number of rotatable bonds is 4. The summed E-state index contributed by atoms with van der Waals surface area (Å²) in [6.45, 7) is 5.46. The van der Waals surface area contributed by atoms with Gasteiger partial charge < -0.3 is 5.73 Å². The van der Waals surface area contributed by atoms with Crippen LogP contribution in [0.1, 0.15) is 19.4 Å². The van der Waals surface area contributed by atoms with Gasteiger partial charge in [-0.05, 0) is 38.5 Å². The van der Waals surface area contributed by atoms with Gasteiger partial charge in [0.2, 0.25) is 10.0 Å². The fraction of sp³-hybridized carbons (Fsp3) is 0.333. The summed E-state index contributed by atoms with van der Waals surface area (Å²) in [6.07, 6.45) is 1.75. The molecule has 0 aromatic heterocycles. The third-order valence-corrected chi connectivity index (χ3v) is 3.93. The Morgan fingerprint density at radius 2 is 2.06 bits per heavy atom. The van der Waals surface area contributed by atoms with Crippen molar-refractivity contribution in [1.82, 2.24) is 4.72 Å². The van der Waals surface area contributed by atoms with E-state index in [-0.39, 0.29) is 17.1 Å². The van der Waals surface area contributed by atoms with Gasteiger partial charge in [0, 0.05) is 6.54 Å². The predicted molar refractivity (Wildman–Crippen MR) is 70.2 cm³/mol. The molecule has 3 N–H and O–H groups in total. The molecule has 0 bridgehead atoms. The van der Waals surface area contributed by atoms with Gasteiger partial charge >= 0.3 is 0 Å². The fourth-order valence-electron chi connectivity index (χ4n) is 1.39. The Morgan fingerprint density at radius 1 is 1.44 bits per heavy atom. The lowest BCUT2D eigenvalue weighted by Crippen LogP contribution is -2.25. The molecule has 0 unspecified atom stereocenters. The minimum absolute atomic E-state index is 0.00329. The van der Waals surface area contributed by atoms with Gasteiger partial charge in [0.1, 0.15) is 5.82 Å². The lowest BCUT2D eigenvalue weighted by atomic mass is 10.2. The number of benzene rings is 1. The lowest BCUT2D eigenvalue weighted by Gasteiger charge is -2.09. The highest BCUT2D eigenvalue weighted by Crippen LogP contribution is 2.21. The minimum atomic E-state index is -3.67. The van der Waals surface area contributed by atoms with Crippen LogP contribution in [0.4, 0.5) is 10.1 Å². The van der Waals surface area contributed by atoms with Crippen LogP contribution in [0.3, 0.4) is 0 Å². The summed E-state index contributed by atoms with van der Waals surface area (Å²) in [6, 6.07) is 2.25. The normalized spacial score (nSPS) is 11.3. The second kappa shape index (κ2) is 5.49. The molecule has 0 fully saturated rings. The van der Waals surface area contributed by atoms with Gasteiger partial charge in [-0.2, -0.15) is 0 Å². The van der Waals surface area contributed by atoms with Crippen LogP contribution in [0.25, 0.3) is 0 Å². The number of aryl methyl sites for hydroxylation is 1. The standard InChI is InChI=1S/C12H17FN2O2S/c1-8(2)4-5-15-18(16,17)12-7-11(14)10(13)6-9(12)3/h4,6-7,15H,5,14H2,1-3H3. The number of hydrogen-bond donors (Lipinski definition) is 2. The highest BCUT2D eigenvalue weighted by molar-refractivity contribution is 7.89. The number of nitrogens with two attached hydrogens (primary N) is 1. The third kappa shape index (κ3) is 3.54. The van der Waals surface area contributed by atoms with Crippen molar-refractivity contribution in [3.05, 3.63) is 35.2 Å². The molecule has 0 amide bonds. The molecule has 0 radical (unpaired) electrons. The van der Waals surface area contributed by atoms with Gasteiger partial charge in [0.05, 0.1) is 10.6 Å². The van der Waals surface area contributed by atoms with E-state index >= 15 is 0 Å². The summed E-state index contributed by atoms with van der Waals surface area (Å²) < 4.78 is 39.5. The Bertz CT molecular complexity index is 576. The van der Waals surface area contributed by atoms with Crippen LogP contribution in [-0.4, -0.2) is 15.0 Å². The Hall–Kier alpha value is -1.40. The molecule has 1 rings (SSSR count). The van der Waals surface area contributed by atoms with E-state index in [4.69, 9.17) is 5.73 Å². The molecule has 0 spiro atoms. The van der Waals surface area contributed by atoms with Crippen molar-refractivity contribution >= 4 is 15.7 Å². The molecule has 0 atom stereocenters. The van der Waals surface area contributed by atoms with E-state index in [2.05, 4.69) is 4.72 Å². The van der Waals surface area contributed by atoms with Gasteiger partial charge in [-0.15, -0.1) is 0 Å². The molecule has 4 nitrogen and oxygen atoms in total. The SMILES string of the molecule is CC(C)=CCNS(=O)(=O)c1cc(N)c(F)cc1C. The van der Waals surface area contributed by atoms with Crippen LogP contribution in [0.5, 0.6) is 0 Å². The summed E-state index contributed by atoms with van der Waals surface area (Å²) in [5.41, 5.74) is 6.54. The van der Waals surface area contributed by atoms with Crippen LogP contribution in [0.2, 0.25) is 0 Å². The van der Waals surface area contributed by atoms with Crippen LogP contribution in [0, 0.1) is 12.7 Å². The van der Waals surface area contributed by atoms with Crippen molar-refractivity contribution in [3.8, 4) is 0 Å². The smallest absolute Gasteiger partial charge is 0.241 e. The predicted octanol–water partition coefficient (Wildman–Crippen LogP) is 1.96. The first-order valence-corrected chi connectivity index (χ1v) is 6.91. The van der Waals surface area contributed by atoms with E-state index in [0.717, 1.165) is 17.7 Å². The van der Waals surface area contributed by atoms with E-state index in [9.17, 15) is 12.8 Å². The Morgan fingerprint density at radius 3 is 2.61 bits per heavy atom. The molecule has 1 aromatic rings. The molecule has 18 heavy (non-hydrogen) atoms. The fourth-order valence-corrected chi connectivity index (χ4v) is 2.61. The molecule has 0 aliphatic rings. The number of nitrogens with one attached hydrogen (secondary N) is 1. The van der Waals surface area contributed by atoms with Gasteiger partial charge in [-0.25, -0.2) is 17.5 Å². The zero-order valence-corrected chi connectivity index (χ0v) is 11.4. The van der Waals surface area contributed by atoms with E-state index in [0.29, 0.717) is 5.56 Å². The second-order valence-electron chi connectivity index (χ2n) is 4.27. The molecule has 0 saturated heterocycles. The van der Waals surface area contributed by atoms with Crippen molar-refractivity contribution in [1.29, 1.82) is 0 Å². The highest BCUT2D eigenvalue weighted by Gasteiger charge is 2.17. The van der Waals surface area contributed by atoms with Gasteiger partial charge in [-0.3, -0.25) is 0 Å². The van der Waals surface area contributed by atoms with Crippen LogP contribution in [-0.2, 0) is 10.0 Å². The van der Waals surface area contributed by atoms with Gasteiger partial charge in [-0.1, -0.05) is 11.6 Å². The number of allylic oxidation sites excluding steroid dienone is 1. The molecule has 0 saturated carbocycles. The minimum Gasteiger partial charge on any atom is -0.396 e. The molecule has 1 aromatic carbocycles. The molecule has 0 heterocycles. The second-order valence-corrected chi connectivity index (χ2v) is 6.01. The zero-order valence-electron chi connectivity index (χ0n) is 10.6. The van der Waals surface area contributed by atoms with Crippen molar-refractivity contribution in [2.75, 3.05) is 12.3 Å². The van der Waals surface area contributed by atoms with E-state index < -0.39 is 15.8 Å². The van der Waals surface area contributed by atoms with Gasteiger partial charge in [0.25, 0.3) is 0 Å². The lowest BCUT2D eigenvalue weighted by molar-refractivity contribution is 0.584. The van der Waals surface area contributed by atoms with E-state index in [1.165, 1.54) is 6.92 Å². The number of sulfonamides is 1. The van der Waals surface area contributed by atoms with Crippen LogP contribution in [0.15, 0.2) is 28.7 Å². The maximum Gasteiger partial charge on any atom is 0.241 e. The molecular formula is C12H17FN2O2S. The van der Waals surface area contributed by atoms with Crippen molar-refractivity contribution in [2.45, 2.75) is 25.7 Å². The summed E-state index contributed by atoms with van der Waals surface area (Å²) in [5.74, 6) is -0.615. The number of anilines is 1. The Balaban J connectivity index is 3.06. The average Bonchev–Trinajstić information content (AvgIpc) is 2.22. The first-order valence-electron chi connectivity index (χ1n) is 5.42. The summed E-state index contributed by atoms with van der Waals surface area (Å²) in [7, 11) is -3.67. The topological polar surface area (TPSA) is 72.2 Å². The number of halogens is 1. The number of nitrogen functional groups attached to an aromatic ring is 1. The molecule has 6 heteroatoms. The quantitative estimate of drug-likeness (QED) is 0.650. The van der Waals surface area contributed by atoms with Crippen LogP contribution < -0.4 is 10.5 Å². The molecule has 0 aliphatic carbocycles. The summed E-state index contributed by atoms with van der Waals surface area (Å²) >= 11 is 0. The van der Waals surface area contributed by atoms with Crippen molar-refractivity contribution in [2.24, 2.45) is 0 Å². The van der Waals surface area contributed by atoms with Crippen molar-refractivity contribution < 1.29 is 12.8 Å². The Labute approximate surface area is 107 Å². The maximum atomic E-state index is 13.2. The Kier molecular flexibility index (Phi) is 4.48. The van der Waals surface area contributed by atoms with Crippen molar-refractivity contribution in [3.63, 3.8) is 0 Å². The average molecular weight is 272 g/mol. The zero-order chi connectivity index (χ0) is 13.9. The maximum absolute atomic E-state index is 13.2. The molecule has 100 valence electrons. The molecular weight excluding hydrogens is 255 g/mol. The largest absolute Gasteiger partial charge is 0.396 e.